The predicted octanol–water partition coefficient (Wildman–Crippen LogP) is 3.70. The molecular formula is C17H14ClNO2. The Kier molecular flexibility index (Phi) is 3.76. The average molecular weight is 300 g/mol. The molecule has 1 saturated heterocycles. The van der Waals surface area contributed by atoms with Gasteiger partial charge in [0.2, 0.25) is 5.91 Å². The third-order valence-electron chi connectivity index (χ3n) is 3.62. The molecule has 2 aromatic rings. The van der Waals surface area contributed by atoms with E-state index in [2.05, 4.69) is 0 Å². The lowest BCUT2D eigenvalue weighted by atomic mass is 10.0. The van der Waals surface area contributed by atoms with Crippen molar-refractivity contribution in [2.75, 3.05) is 11.4 Å². The van der Waals surface area contributed by atoms with Crippen LogP contribution in [0.15, 0.2) is 48.5 Å². The smallest absolute Gasteiger partial charge is 0.227 e. The fourth-order valence-electron chi connectivity index (χ4n) is 2.48. The summed E-state index contributed by atoms with van der Waals surface area (Å²) >= 11 is 5.82. The lowest BCUT2D eigenvalue weighted by Gasteiger charge is -2.15. The van der Waals surface area contributed by atoms with Crippen LogP contribution in [0, 0.1) is 0 Å². The molecule has 0 atom stereocenters. The van der Waals surface area contributed by atoms with E-state index in [1.165, 1.54) is 0 Å². The monoisotopic (exact) mass is 299 g/mol. The number of rotatable bonds is 3. The molecule has 0 aromatic heterocycles. The molecule has 1 aliphatic rings. The van der Waals surface area contributed by atoms with Crippen LogP contribution in [-0.4, -0.2) is 18.2 Å². The zero-order chi connectivity index (χ0) is 14.8. The van der Waals surface area contributed by atoms with Crippen LogP contribution in [0.5, 0.6) is 0 Å². The minimum atomic E-state index is -0.0500. The molecule has 3 nitrogen and oxygen atoms in total. The molecule has 1 heterocycles. The molecule has 0 N–H and O–H groups in total. The Bertz CT molecular complexity index is 677. The van der Waals surface area contributed by atoms with E-state index >= 15 is 0 Å². The van der Waals surface area contributed by atoms with E-state index in [4.69, 9.17) is 11.6 Å². The van der Waals surface area contributed by atoms with E-state index in [0.717, 1.165) is 18.7 Å². The second-order valence-corrected chi connectivity index (χ2v) is 5.47. The molecule has 106 valence electrons. The Hall–Kier alpha value is -2.13. The molecule has 1 aliphatic heterocycles. The first-order valence-electron chi connectivity index (χ1n) is 6.86. The van der Waals surface area contributed by atoms with Gasteiger partial charge in [0, 0.05) is 34.8 Å². The van der Waals surface area contributed by atoms with E-state index in [-0.39, 0.29) is 11.7 Å². The lowest BCUT2D eigenvalue weighted by Crippen LogP contribution is -2.23. The molecular weight excluding hydrogens is 286 g/mol. The molecule has 0 aliphatic carbocycles. The highest BCUT2D eigenvalue weighted by Gasteiger charge is 2.21. The molecule has 1 amide bonds. The topological polar surface area (TPSA) is 37.4 Å². The molecule has 21 heavy (non-hydrogen) atoms. The largest absolute Gasteiger partial charge is 0.312 e. The molecule has 3 rings (SSSR count). The average Bonchev–Trinajstić information content (AvgIpc) is 2.94. The zero-order valence-electron chi connectivity index (χ0n) is 11.4. The maximum Gasteiger partial charge on any atom is 0.227 e. The number of anilines is 1. The Labute approximate surface area is 128 Å². The number of carbonyl (C=O) groups is 2. The minimum absolute atomic E-state index is 0.0500. The summed E-state index contributed by atoms with van der Waals surface area (Å²) in [6.07, 6.45) is 1.50. The van der Waals surface area contributed by atoms with Gasteiger partial charge in [0.1, 0.15) is 0 Å². The second-order valence-electron chi connectivity index (χ2n) is 5.03. The van der Waals surface area contributed by atoms with Crippen molar-refractivity contribution in [1.82, 2.24) is 0 Å². The third kappa shape index (κ3) is 2.83. The number of ketones is 1. The summed E-state index contributed by atoms with van der Waals surface area (Å²) in [5, 5.41) is 0.606. The highest BCUT2D eigenvalue weighted by molar-refractivity contribution is 6.30. The van der Waals surface area contributed by atoms with Gasteiger partial charge in [-0.15, -0.1) is 0 Å². The summed E-state index contributed by atoms with van der Waals surface area (Å²) in [5.41, 5.74) is 2.06. The van der Waals surface area contributed by atoms with E-state index in [1.54, 1.807) is 41.3 Å². The van der Waals surface area contributed by atoms with Crippen molar-refractivity contribution in [2.45, 2.75) is 12.8 Å². The van der Waals surface area contributed by atoms with Gasteiger partial charge in [0.15, 0.2) is 5.78 Å². The van der Waals surface area contributed by atoms with Crippen LogP contribution < -0.4 is 4.90 Å². The first-order chi connectivity index (χ1) is 10.1. The quantitative estimate of drug-likeness (QED) is 0.810. The molecule has 0 unspecified atom stereocenters. The number of benzene rings is 2. The van der Waals surface area contributed by atoms with Gasteiger partial charge in [-0.3, -0.25) is 9.59 Å². The van der Waals surface area contributed by atoms with Crippen LogP contribution in [0.1, 0.15) is 28.8 Å². The van der Waals surface area contributed by atoms with Gasteiger partial charge >= 0.3 is 0 Å². The van der Waals surface area contributed by atoms with Crippen molar-refractivity contribution in [2.24, 2.45) is 0 Å². The standard InChI is InChI=1S/C17H14ClNO2/c18-14-7-3-12(4-8-14)17(21)13-5-9-15(10-6-13)19-11-1-2-16(19)20/h3-10H,1-2,11H2. The van der Waals surface area contributed by atoms with Gasteiger partial charge in [-0.05, 0) is 55.0 Å². The van der Waals surface area contributed by atoms with Crippen LogP contribution in [-0.2, 0) is 4.79 Å². The highest BCUT2D eigenvalue weighted by Crippen LogP contribution is 2.22. The first-order valence-corrected chi connectivity index (χ1v) is 7.23. The molecule has 4 heteroatoms. The van der Waals surface area contributed by atoms with Crippen LogP contribution >= 0.6 is 11.6 Å². The second kappa shape index (κ2) is 5.70. The van der Waals surface area contributed by atoms with Gasteiger partial charge in [-0.2, -0.15) is 0 Å². The van der Waals surface area contributed by atoms with Gasteiger partial charge in [-0.1, -0.05) is 11.6 Å². The van der Waals surface area contributed by atoms with E-state index in [1.807, 2.05) is 12.1 Å². The minimum Gasteiger partial charge on any atom is -0.312 e. The van der Waals surface area contributed by atoms with Crippen molar-refractivity contribution in [3.8, 4) is 0 Å². The van der Waals surface area contributed by atoms with Crippen LogP contribution in [0.4, 0.5) is 5.69 Å². The van der Waals surface area contributed by atoms with Gasteiger partial charge in [0.25, 0.3) is 0 Å². The van der Waals surface area contributed by atoms with Crippen LogP contribution in [0.3, 0.4) is 0 Å². The number of amides is 1. The molecule has 0 bridgehead atoms. The van der Waals surface area contributed by atoms with Crippen LogP contribution in [0.2, 0.25) is 5.02 Å². The van der Waals surface area contributed by atoms with E-state index in [9.17, 15) is 9.59 Å². The van der Waals surface area contributed by atoms with Crippen molar-refractivity contribution in [3.05, 3.63) is 64.7 Å². The Morgan fingerprint density at radius 3 is 2.05 bits per heavy atom. The maximum atomic E-state index is 12.3. The summed E-state index contributed by atoms with van der Waals surface area (Å²) in [5.74, 6) is 0.0951. The van der Waals surface area contributed by atoms with Gasteiger partial charge in [0.05, 0.1) is 0 Å². The van der Waals surface area contributed by atoms with Crippen LogP contribution in [0.25, 0.3) is 0 Å². The number of nitrogens with zero attached hydrogens (tertiary/aromatic N) is 1. The molecule has 2 aromatic carbocycles. The van der Waals surface area contributed by atoms with E-state index in [0.29, 0.717) is 22.6 Å². The number of hydrogen-bond acceptors (Lipinski definition) is 2. The van der Waals surface area contributed by atoms with Crippen molar-refractivity contribution in [3.63, 3.8) is 0 Å². The Balaban J connectivity index is 1.82. The molecule has 0 saturated carbocycles. The SMILES string of the molecule is O=C(c1ccc(Cl)cc1)c1ccc(N2CCCC2=O)cc1. The Morgan fingerprint density at radius 2 is 1.52 bits per heavy atom. The fourth-order valence-corrected chi connectivity index (χ4v) is 2.61. The summed E-state index contributed by atoms with van der Waals surface area (Å²) in [6, 6.07) is 14.0. The number of hydrogen-bond donors (Lipinski definition) is 0. The summed E-state index contributed by atoms with van der Waals surface area (Å²) in [6.45, 7) is 0.753. The van der Waals surface area contributed by atoms with Crippen molar-refractivity contribution in [1.29, 1.82) is 0 Å². The lowest BCUT2D eigenvalue weighted by molar-refractivity contribution is -0.117. The fraction of sp³-hybridized carbons (Fsp3) is 0.176. The highest BCUT2D eigenvalue weighted by atomic mass is 35.5. The summed E-state index contributed by atoms with van der Waals surface area (Å²) < 4.78 is 0. The summed E-state index contributed by atoms with van der Waals surface area (Å²) in [7, 11) is 0. The predicted molar refractivity (Wildman–Crippen MR) is 82.9 cm³/mol. The number of carbonyl (C=O) groups excluding carboxylic acids is 2. The zero-order valence-corrected chi connectivity index (χ0v) is 12.1. The third-order valence-corrected chi connectivity index (χ3v) is 3.87. The maximum absolute atomic E-state index is 12.3. The number of halogens is 1. The van der Waals surface area contributed by atoms with Gasteiger partial charge < -0.3 is 4.90 Å². The Morgan fingerprint density at radius 1 is 0.952 bits per heavy atom. The normalized spacial score (nSPS) is 14.5. The first kappa shape index (κ1) is 13.8. The van der Waals surface area contributed by atoms with Gasteiger partial charge in [-0.25, -0.2) is 0 Å². The summed E-state index contributed by atoms with van der Waals surface area (Å²) in [4.78, 5) is 25.8. The molecule has 0 radical (unpaired) electrons. The van der Waals surface area contributed by atoms with Crippen molar-refractivity contribution < 1.29 is 9.59 Å². The van der Waals surface area contributed by atoms with Crippen molar-refractivity contribution >= 4 is 29.0 Å². The van der Waals surface area contributed by atoms with E-state index < -0.39 is 0 Å². The molecule has 0 spiro atoms. The molecule has 1 fully saturated rings.